The first-order chi connectivity index (χ1) is 9.33. The molecule has 4 nitrogen and oxygen atoms in total. The Kier molecular flexibility index (Phi) is 5.10. The van der Waals surface area contributed by atoms with Crippen molar-refractivity contribution in [2.45, 2.75) is 32.5 Å². The zero-order valence-electron chi connectivity index (χ0n) is 11.3. The van der Waals surface area contributed by atoms with E-state index < -0.39 is 0 Å². The van der Waals surface area contributed by atoms with Crippen molar-refractivity contribution >= 4 is 5.69 Å². The van der Waals surface area contributed by atoms with Gasteiger partial charge in [-0.3, -0.25) is 0 Å². The zero-order valence-corrected chi connectivity index (χ0v) is 11.3. The third-order valence-electron chi connectivity index (χ3n) is 3.09. The standard InChI is InChI=1S/C15H21NO3/c1-2-18-15-7-6-13(9-12(15)11-17)16-10-14-5-3-4-8-19-14/h4,6-9,14,16-17H,2-3,5,10-11H2,1H3. The number of ether oxygens (including phenoxy) is 2. The van der Waals surface area contributed by atoms with E-state index in [0.717, 1.165) is 36.4 Å². The molecule has 1 aromatic carbocycles. The van der Waals surface area contributed by atoms with Crippen molar-refractivity contribution in [1.82, 2.24) is 0 Å². The molecule has 0 amide bonds. The molecule has 1 aliphatic heterocycles. The molecule has 1 unspecified atom stereocenters. The third-order valence-corrected chi connectivity index (χ3v) is 3.09. The average Bonchev–Trinajstić information content (AvgIpc) is 2.47. The lowest BCUT2D eigenvalue weighted by Crippen LogP contribution is -2.23. The molecule has 2 rings (SSSR count). The molecular formula is C15H21NO3. The number of hydrogen-bond donors (Lipinski definition) is 2. The average molecular weight is 263 g/mol. The molecule has 1 atom stereocenters. The minimum absolute atomic E-state index is 0.0203. The number of hydrogen-bond acceptors (Lipinski definition) is 4. The minimum Gasteiger partial charge on any atom is -0.497 e. The van der Waals surface area contributed by atoms with Crippen LogP contribution in [-0.4, -0.2) is 24.4 Å². The number of nitrogens with one attached hydrogen (secondary N) is 1. The lowest BCUT2D eigenvalue weighted by Gasteiger charge is -2.20. The Labute approximate surface area is 114 Å². The summed E-state index contributed by atoms with van der Waals surface area (Å²) in [5, 5.41) is 12.7. The van der Waals surface area contributed by atoms with Gasteiger partial charge in [-0.2, -0.15) is 0 Å². The fourth-order valence-electron chi connectivity index (χ4n) is 2.08. The molecule has 1 aliphatic rings. The second-order valence-corrected chi connectivity index (χ2v) is 4.50. The van der Waals surface area contributed by atoms with Crippen LogP contribution in [0.2, 0.25) is 0 Å². The number of anilines is 1. The molecule has 2 N–H and O–H groups in total. The highest BCUT2D eigenvalue weighted by molar-refractivity contribution is 5.51. The van der Waals surface area contributed by atoms with Crippen LogP contribution in [0.5, 0.6) is 5.75 Å². The van der Waals surface area contributed by atoms with E-state index in [1.165, 1.54) is 0 Å². The Hall–Kier alpha value is -1.68. The van der Waals surface area contributed by atoms with Crippen LogP contribution in [0, 0.1) is 0 Å². The van der Waals surface area contributed by atoms with Gasteiger partial charge < -0.3 is 19.9 Å². The predicted molar refractivity (Wildman–Crippen MR) is 75.3 cm³/mol. The second-order valence-electron chi connectivity index (χ2n) is 4.50. The van der Waals surface area contributed by atoms with Crippen LogP contribution in [0.3, 0.4) is 0 Å². The molecule has 0 aromatic heterocycles. The number of aliphatic hydroxyl groups excluding tert-OH is 1. The maximum absolute atomic E-state index is 9.34. The lowest BCUT2D eigenvalue weighted by molar-refractivity contribution is 0.135. The molecule has 104 valence electrons. The SMILES string of the molecule is CCOc1ccc(NCC2CCC=CO2)cc1CO. The second kappa shape index (κ2) is 7.04. The molecule has 0 saturated carbocycles. The van der Waals surface area contributed by atoms with Gasteiger partial charge >= 0.3 is 0 Å². The van der Waals surface area contributed by atoms with Crippen LogP contribution in [0.1, 0.15) is 25.3 Å². The molecule has 0 bridgehead atoms. The summed E-state index contributed by atoms with van der Waals surface area (Å²) in [5.74, 6) is 0.743. The van der Waals surface area contributed by atoms with Crippen molar-refractivity contribution in [2.75, 3.05) is 18.5 Å². The van der Waals surface area contributed by atoms with E-state index in [1.807, 2.05) is 31.2 Å². The van der Waals surface area contributed by atoms with Gasteiger partial charge in [-0.1, -0.05) is 0 Å². The summed E-state index contributed by atoms with van der Waals surface area (Å²) in [6, 6.07) is 5.77. The largest absolute Gasteiger partial charge is 0.497 e. The van der Waals surface area contributed by atoms with Crippen molar-refractivity contribution in [3.8, 4) is 5.75 Å². The zero-order chi connectivity index (χ0) is 13.5. The van der Waals surface area contributed by atoms with Gasteiger partial charge in [0.1, 0.15) is 11.9 Å². The fraction of sp³-hybridized carbons (Fsp3) is 0.467. The summed E-state index contributed by atoms with van der Waals surface area (Å²) in [6.07, 6.45) is 6.13. The Balaban J connectivity index is 1.94. The predicted octanol–water partition coefficient (Wildman–Crippen LogP) is 2.68. The Bertz CT molecular complexity index is 431. The van der Waals surface area contributed by atoms with Gasteiger partial charge in [0.15, 0.2) is 0 Å². The molecule has 0 radical (unpaired) electrons. The highest BCUT2D eigenvalue weighted by Gasteiger charge is 2.11. The Morgan fingerprint density at radius 1 is 1.47 bits per heavy atom. The van der Waals surface area contributed by atoms with Gasteiger partial charge in [0, 0.05) is 11.3 Å². The summed E-state index contributed by atoms with van der Waals surface area (Å²) < 4.78 is 11.0. The molecule has 19 heavy (non-hydrogen) atoms. The topological polar surface area (TPSA) is 50.7 Å². The van der Waals surface area contributed by atoms with Gasteiger partial charge in [0.25, 0.3) is 0 Å². The summed E-state index contributed by atoms with van der Waals surface area (Å²) in [4.78, 5) is 0. The van der Waals surface area contributed by atoms with Gasteiger partial charge in [-0.15, -0.1) is 0 Å². The van der Waals surface area contributed by atoms with Crippen LogP contribution in [0.15, 0.2) is 30.5 Å². The molecule has 1 aromatic rings. The summed E-state index contributed by atoms with van der Waals surface area (Å²) in [7, 11) is 0. The molecule has 4 heteroatoms. The van der Waals surface area contributed by atoms with Crippen molar-refractivity contribution in [3.05, 3.63) is 36.1 Å². The molecule has 0 saturated heterocycles. The van der Waals surface area contributed by atoms with Crippen LogP contribution in [0.4, 0.5) is 5.69 Å². The van der Waals surface area contributed by atoms with E-state index in [-0.39, 0.29) is 12.7 Å². The Morgan fingerprint density at radius 3 is 3.05 bits per heavy atom. The fourth-order valence-corrected chi connectivity index (χ4v) is 2.08. The first-order valence-electron chi connectivity index (χ1n) is 6.74. The smallest absolute Gasteiger partial charge is 0.124 e. The van der Waals surface area contributed by atoms with Crippen molar-refractivity contribution in [1.29, 1.82) is 0 Å². The van der Waals surface area contributed by atoms with Gasteiger partial charge in [0.2, 0.25) is 0 Å². The van der Waals surface area contributed by atoms with Crippen LogP contribution in [0.25, 0.3) is 0 Å². The van der Waals surface area contributed by atoms with Crippen LogP contribution in [-0.2, 0) is 11.3 Å². The Morgan fingerprint density at radius 2 is 2.37 bits per heavy atom. The first kappa shape index (κ1) is 13.7. The maximum atomic E-state index is 9.34. The molecule has 0 fully saturated rings. The molecule has 0 spiro atoms. The number of rotatable bonds is 6. The summed E-state index contributed by atoms with van der Waals surface area (Å²) in [5.41, 5.74) is 1.78. The van der Waals surface area contributed by atoms with Crippen molar-refractivity contribution in [2.24, 2.45) is 0 Å². The van der Waals surface area contributed by atoms with E-state index >= 15 is 0 Å². The van der Waals surface area contributed by atoms with Crippen molar-refractivity contribution in [3.63, 3.8) is 0 Å². The minimum atomic E-state index is -0.0203. The van der Waals surface area contributed by atoms with Gasteiger partial charge in [-0.05, 0) is 44.0 Å². The highest BCUT2D eigenvalue weighted by atomic mass is 16.5. The van der Waals surface area contributed by atoms with E-state index in [2.05, 4.69) is 5.32 Å². The van der Waals surface area contributed by atoms with E-state index in [1.54, 1.807) is 6.26 Å². The third kappa shape index (κ3) is 3.89. The van der Waals surface area contributed by atoms with E-state index in [9.17, 15) is 5.11 Å². The first-order valence-corrected chi connectivity index (χ1v) is 6.74. The number of allylic oxidation sites excluding steroid dienone is 1. The number of aliphatic hydroxyl groups is 1. The lowest BCUT2D eigenvalue weighted by atomic mass is 10.1. The maximum Gasteiger partial charge on any atom is 0.124 e. The van der Waals surface area contributed by atoms with Gasteiger partial charge in [0.05, 0.1) is 26.0 Å². The molecular weight excluding hydrogens is 242 g/mol. The highest BCUT2D eigenvalue weighted by Crippen LogP contribution is 2.23. The van der Waals surface area contributed by atoms with Crippen LogP contribution >= 0.6 is 0 Å². The van der Waals surface area contributed by atoms with E-state index in [0.29, 0.717) is 6.61 Å². The van der Waals surface area contributed by atoms with Gasteiger partial charge in [-0.25, -0.2) is 0 Å². The monoisotopic (exact) mass is 263 g/mol. The van der Waals surface area contributed by atoms with E-state index in [4.69, 9.17) is 9.47 Å². The molecule has 0 aliphatic carbocycles. The van der Waals surface area contributed by atoms with Crippen LogP contribution < -0.4 is 10.1 Å². The number of benzene rings is 1. The summed E-state index contributed by atoms with van der Waals surface area (Å²) >= 11 is 0. The summed E-state index contributed by atoms with van der Waals surface area (Å²) in [6.45, 7) is 3.28. The quantitative estimate of drug-likeness (QED) is 0.828. The molecule has 1 heterocycles. The normalized spacial score (nSPS) is 17.9. The van der Waals surface area contributed by atoms with Crippen molar-refractivity contribution < 1.29 is 14.6 Å².